The average Bonchev–Trinajstić information content (AvgIpc) is 1.97. The molecular formula is C7H15N3. The van der Waals surface area contributed by atoms with Crippen molar-refractivity contribution in [1.82, 2.24) is 5.01 Å². The third-order valence-electron chi connectivity index (χ3n) is 1.14. The van der Waals surface area contributed by atoms with Gasteiger partial charge in [-0.2, -0.15) is 0 Å². The number of hydrogen-bond donors (Lipinski definition) is 1. The highest BCUT2D eigenvalue weighted by Gasteiger charge is 1.87. The van der Waals surface area contributed by atoms with Crippen molar-refractivity contribution in [1.29, 1.82) is 0 Å². The normalized spacial score (nSPS) is 8.20. The minimum absolute atomic E-state index is 0.970. The van der Waals surface area contributed by atoms with Gasteiger partial charge in [0.05, 0.1) is 6.20 Å². The van der Waals surface area contributed by atoms with Gasteiger partial charge in [0, 0.05) is 19.5 Å². The highest BCUT2D eigenvalue weighted by atomic mass is 15.4. The largest absolute Gasteiger partial charge is 0.397 e. The maximum Gasteiger partial charge on any atom is 0.0588 e. The van der Waals surface area contributed by atoms with E-state index in [4.69, 9.17) is 5.73 Å². The summed E-state index contributed by atoms with van der Waals surface area (Å²) >= 11 is 0. The van der Waals surface area contributed by atoms with Crippen LogP contribution in [0.2, 0.25) is 0 Å². The lowest BCUT2D eigenvalue weighted by molar-refractivity contribution is 0.349. The van der Waals surface area contributed by atoms with E-state index in [1.165, 1.54) is 12.6 Å². The van der Waals surface area contributed by atoms with E-state index in [-0.39, 0.29) is 0 Å². The molecule has 0 bridgehead atoms. The predicted octanol–water partition coefficient (Wildman–Crippen LogP) is 0.775. The summed E-state index contributed by atoms with van der Waals surface area (Å²) in [4.78, 5) is 0. The van der Waals surface area contributed by atoms with Crippen LogP contribution in [0.3, 0.4) is 0 Å². The average molecular weight is 141 g/mol. The summed E-state index contributed by atoms with van der Waals surface area (Å²) in [7, 11) is 1.91. The van der Waals surface area contributed by atoms with Crippen molar-refractivity contribution in [2.24, 2.45) is 10.8 Å². The van der Waals surface area contributed by atoms with E-state index < -0.39 is 0 Å². The first-order valence-electron chi connectivity index (χ1n) is 3.52. The molecule has 0 atom stereocenters. The molecule has 0 aliphatic rings. The topological polar surface area (TPSA) is 41.6 Å². The maximum absolute atomic E-state index is 5.05. The fraction of sp³-hybridized carbons (Fsp3) is 0.714. The molecule has 0 rings (SSSR count). The number of rotatable bonds is 4. The van der Waals surface area contributed by atoms with Crippen LogP contribution < -0.4 is 5.73 Å². The molecule has 0 radical (unpaired) electrons. The van der Waals surface area contributed by atoms with Crippen molar-refractivity contribution in [3.63, 3.8) is 0 Å². The molecule has 3 heteroatoms. The molecule has 0 aliphatic carbocycles. The Morgan fingerprint density at radius 3 is 2.90 bits per heavy atom. The molecule has 0 aromatic heterocycles. The fourth-order valence-electron chi connectivity index (χ4n) is 0.569. The third kappa shape index (κ3) is 5.19. The van der Waals surface area contributed by atoms with Gasteiger partial charge < -0.3 is 5.73 Å². The van der Waals surface area contributed by atoms with E-state index in [0.29, 0.717) is 0 Å². The van der Waals surface area contributed by atoms with Gasteiger partial charge in [-0.3, -0.25) is 5.01 Å². The van der Waals surface area contributed by atoms with Crippen molar-refractivity contribution >= 4 is 5.87 Å². The molecule has 3 nitrogen and oxygen atoms in total. The molecule has 0 amide bonds. The Labute approximate surface area is 62.2 Å². The van der Waals surface area contributed by atoms with Crippen LogP contribution in [0.25, 0.3) is 0 Å². The van der Waals surface area contributed by atoms with Gasteiger partial charge in [0.2, 0.25) is 0 Å². The number of hydrazone groups is 1. The van der Waals surface area contributed by atoms with Crippen LogP contribution in [0.1, 0.15) is 19.8 Å². The molecular weight excluding hydrogens is 126 g/mol. The van der Waals surface area contributed by atoms with E-state index >= 15 is 0 Å². The van der Waals surface area contributed by atoms with Crippen molar-refractivity contribution in [3.05, 3.63) is 6.20 Å². The highest BCUT2D eigenvalue weighted by molar-refractivity contribution is 5.49. The number of nitrogens with zero attached hydrogens (tertiary/aromatic N) is 2. The minimum Gasteiger partial charge on any atom is -0.397 e. The summed E-state index contributed by atoms with van der Waals surface area (Å²) in [6, 6.07) is 0. The second kappa shape index (κ2) is 6.17. The Bertz CT molecular complexity index is 125. The van der Waals surface area contributed by atoms with Gasteiger partial charge in [-0.15, -0.1) is 5.10 Å². The molecule has 0 spiro atoms. The minimum atomic E-state index is 0.970. The second-order valence-corrected chi connectivity index (χ2v) is 2.13. The Balaban J connectivity index is 3.43. The lowest BCUT2D eigenvalue weighted by Crippen LogP contribution is -2.11. The van der Waals surface area contributed by atoms with Gasteiger partial charge in [0.25, 0.3) is 0 Å². The molecule has 58 valence electrons. The first-order chi connectivity index (χ1) is 4.81. The van der Waals surface area contributed by atoms with Crippen LogP contribution >= 0.6 is 0 Å². The van der Waals surface area contributed by atoms with Crippen molar-refractivity contribution in [2.75, 3.05) is 13.6 Å². The van der Waals surface area contributed by atoms with Gasteiger partial charge in [-0.1, -0.05) is 13.3 Å². The summed E-state index contributed by atoms with van der Waals surface area (Å²) in [5.74, 6) is 2.56. The van der Waals surface area contributed by atoms with E-state index in [9.17, 15) is 0 Å². The van der Waals surface area contributed by atoms with E-state index in [0.717, 1.165) is 13.0 Å². The fourth-order valence-corrected chi connectivity index (χ4v) is 0.569. The molecule has 0 fully saturated rings. The number of hydrogen-bond acceptors (Lipinski definition) is 3. The Hall–Kier alpha value is -0.950. The number of unbranched alkanes of at least 4 members (excludes halogenated alkanes) is 1. The molecule has 0 saturated carbocycles. The van der Waals surface area contributed by atoms with Gasteiger partial charge in [-0.25, -0.2) is 0 Å². The molecule has 0 unspecified atom stereocenters. The number of nitrogens with two attached hydrogens (primary N) is 1. The van der Waals surface area contributed by atoms with Crippen LogP contribution in [0.5, 0.6) is 0 Å². The molecule has 0 aromatic carbocycles. The molecule has 0 aliphatic heterocycles. The summed E-state index contributed by atoms with van der Waals surface area (Å²) in [6.45, 7) is 3.12. The zero-order valence-corrected chi connectivity index (χ0v) is 6.67. The first-order valence-corrected chi connectivity index (χ1v) is 3.52. The van der Waals surface area contributed by atoms with E-state index in [2.05, 4.69) is 17.9 Å². The van der Waals surface area contributed by atoms with Crippen molar-refractivity contribution in [3.8, 4) is 0 Å². The lowest BCUT2D eigenvalue weighted by atomic mass is 10.3. The first kappa shape index (κ1) is 9.05. The quantitative estimate of drug-likeness (QED) is 0.464. The van der Waals surface area contributed by atoms with Gasteiger partial charge in [0.15, 0.2) is 0 Å². The lowest BCUT2D eigenvalue weighted by Gasteiger charge is -2.08. The molecule has 0 heterocycles. The Morgan fingerprint density at radius 2 is 2.40 bits per heavy atom. The highest BCUT2D eigenvalue weighted by Crippen LogP contribution is 1.89. The SMILES string of the molecule is CCCCN(C)N=C=CN. The van der Waals surface area contributed by atoms with Crippen molar-refractivity contribution in [2.45, 2.75) is 19.8 Å². The smallest absolute Gasteiger partial charge is 0.0588 e. The van der Waals surface area contributed by atoms with Crippen molar-refractivity contribution < 1.29 is 0 Å². The van der Waals surface area contributed by atoms with Gasteiger partial charge in [0.1, 0.15) is 0 Å². The molecule has 2 N–H and O–H groups in total. The monoisotopic (exact) mass is 141 g/mol. The maximum atomic E-state index is 5.05. The van der Waals surface area contributed by atoms with Crippen LogP contribution in [0.15, 0.2) is 11.3 Å². The summed E-state index contributed by atoms with van der Waals surface area (Å²) in [5, 5.41) is 5.71. The standard InChI is InChI=1S/C7H15N3/c1-3-4-7-10(2)9-6-5-8/h5H,3-4,7-8H2,1-2H3. The molecule has 0 aromatic rings. The van der Waals surface area contributed by atoms with E-state index in [1.54, 1.807) is 0 Å². The zero-order valence-electron chi connectivity index (χ0n) is 6.67. The summed E-state index contributed by atoms with van der Waals surface area (Å²) < 4.78 is 0. The van der Waals surface area contributed by atoms with Gasteiger partial charge in [-0.05, 0) is 6.42 Å². The Morgan fingerprint density at radius 1 is 1.70 bits per heavy atom. The van der Waals surface area contributed by atoms with Crippen LogP contribution in [0, 0.1) is 0 Å². The van der Waals surface area contributed by atoms with Crippen LogP contribution in [0.4, 0.5) is 0 Å². The van der Waals surface area contributed by atoms with Crippen LogP contribution in [-0.4, -0.2) is 24.5 Å². The zero-order chi connectivity index (χ0) is 7.82. The third-order valence-corrected chi connectivity index (χ3v) is 1.14. The summed E-state index contributed by atoms with van der Waals surface area (Å²) in [6.07, 6.45) is 3.65. The Kier molecular flexibility index (Phi) is 5.59. The second-order valence-electron chi connectivity index (χ2n) is 2.13. The summed E-state index contributed by atoms with van der Waals surface area (Å²) in [5.41, 5.74) is 5.05. The predicted molar refractivity (Wildman–Crippen MR) is 43.7 cm³/mol. The van der Waals surface area contributed by atoms with Crippen LogP contribution in [-0.2, 0) is 0 Å². The van der Waals surface area contributed by atoms with E-state index in [1.807, 2.05) is 12.1 Å². The van der Waals surface area contributed by atoms with Gasteiger partial charge >= 0.3 is 0 Å². The molecule has 10 heavy (non-hydrogen) atoms. The molecule has 0 saturated heterocycles.